The number of hydrogen-bond acceptors (Lipinski definition) is 7. The van der Waals surface area contributed by atoms with E-state index in [9.17, 15) is 35.2 Å². The summed E-state index contributed by atoms with van der Waals surface area (Å²) in [4.78, 5) is 18.2. The SMILES string of the molecule is Cl.O=C(NO)C1(S(=O)(=O)N2CCN(c3ccc(CCC(F)(F)C(F)(F)F)cn3)CC2)CCOCC1. The Morgan fingerprint density at radius 3 is 2.20 bits per heavy atom. The second-order valence-electron chi connectivity index (χ2n) is 8.17. The number of hydroxylamine groups is 1. The molecule has 2 N–H and O–H groups in total. The molecule has 2 fully saturated rings. The van der Waals surface area contributed by atoms with Gasteiger partial charge in [-0.3, -0.25) is 10.0 Å². The van der Waals surface area contributed by atoms with Crippen molar-refractivity contribution in [2.45, 2.75) is 42.5 Å². The number of sulfonamides is 1. The number of amides is 1. The Hall–Kier alpha value is -1.81. The lowest BCUT2D eigenvalue weighted by Gasteiger charge is -2.41. The van der Waals surface area contributed by atoms with E-state index in [4.69, 9.17) is 9.94 Å². The van der Waals surface area contributed by atoms with Gasteiger partial charge in [0.25, 0.3) is 5.91 Å². The number of carbonyl (C=O) groups excluding carboxylic acids is 1. The van der Waals surface area contributed by atoms with Crippen LogP contribution in [-0.4, -0.2) is 85.1 Å². The highest BCUT2D eigenvalue weighted by molar-refractivity contribution is 7.91. The van der Waals surface area contributed by atoms with Crippen LogP contribution in [0.3, 0.4) is 0 Å². The van der Waals surface area contributed by atoms with Crippen LogP contribution in [0.1, 0.15) is 24.8 Å². The minimum absolute atomic E-state index is 0. The van der Waals surface area contributed by atoms with Crippen LogP contribution in [0.5, 0.6) is 0 Å². The number of halogens is 6. The molecule has 0 spiro atoms. The van der Waals surface area contributed by atoms with Crippen LogP contribution < -0.4 is 10.4 Å². The molecular weight excluding hydrogens is 527 g/mol. The van der Waals surface area contributed by atoms with Gasteiger partial charge in [0.05, 0.1) is 0 Å². The highest BCUT2D eigenvalue weighted by atomic mass is 35.5. The number of aromatic nitrogens is 1. The molecule has 1 aromatic rings. The van der Waals surface area contributed by atoms with E-state index < -0.39 is 45.6 Å². The van der Waals surface area contributed by atoms with Gasteiger partial charge >= 0.3 is 12.1 Å². The summed E-state index contributed by atoms with van der Waals surface area (Å²) in [6.07, 6.45) is -6.49. The molecule has 1 aromatic heterocycles. The smallest absolute Gasteiger partial charge is 0.381 e. The third-order valence-corrected chi connectivity index (χ3v) is 8.79. The van der Waals surface area contributed by atoms with Crippen molar-refractivity contribution in [1.82, 2.24) is 14.8 Å². The summed E-state index contributed by atoms with van der Waals surface area (Å²) in [6, 6.07) is 2.88. The van der Waals surface area contributed by atoms with Crippen molar-refractivity contribution < 1.29 is 45.1 Å². The number of hydrogen-bond donors (Lipinski definition) is 2. The molecule has 9 nitrogen and oxygen atoms in total. The van der Waals surface area contributed by atoms with Gasteiger partial charge in [0.1, 0.15) is 5.82 Å². The highest BCUT2D eigenvalue weighted by Crippen LogP contribution is 2.39. The molecule has 0 aromatic carbocycles. The molecule has 200 valence electrons. The van der Waals surface area contributed by atoms with Crippen molar-refractivity contribution in [3.63, 3.8) is 0 Å². The second kappa shape index (κ2) is 11.1. The summed E-state index contributed by atoms with van der Waals surface area (Å²) in [7, 11) is -4.13. The zero-order valence-electron chi connectivity index (χ0n) is 18.4. The van der Waals surface area contributed by atoms with Crippen molar-refractivity contribution in [3.05, 3.63) is 23.9 Å². The molecule has 0 unspecified atom stereocenters. The van der Waals surface area contributed by atoms with E-state index in [2.05, 4.69) is 4.98 Å². The molecule has 2 aliphatic heterocycles. The predicted molar refractivity (Wildman–Crippen MR) is 116 cm³/mol. The summed E-state index contributed by atoms with van der Waals surface area (Å²) in [5, 5.41) is 9.11. The van der Waals surface area contributed by atoms with E-state index in [1.54, 1.807) is 4.90 Å². The summed E-state index contributed by atoms with van der Waals surface area (Å²) < 4.78 is 94.2. The van der Waals surface area contributed by atoms with Crippen LogP contribution in [0.4, 0.5) is 27.8 Å². The molecule has 1 amide bonds. The monoisotopic (exact) mass is 552 g/mol. The molecule has 3 rings (SSSR count). The molecule has 0 atom stereocenters. The van der Waals surface area contributed by atoms with Crippen molar-refractivity contribution in [2.24, 2.45) is 0 Å². The molecule has 16 heteroatoms. The van der Waals surface area contributed by atoms with Crippen LogP contribution in [0.25, 0.3) is 0 Å². The average molecular weight is 553 g/mol. The Morgan fingerprint density at radius 2 is 1.71 bits per heavy atom. The first-order valence-corrected chi connectivity index (χ1v) is 11.9. The van der Waals surface area contributed by atoms with Gasteiger partial charge in [0, 0.05) is 64.9 Å². The lowest BCUT2D eigenvalue weighted by Crippen LogP contribution is -2.62. The quantitative estimate of drug-likeness (QED) is 0.303. The van der Waals surface area contributed by atoms with E-state index in [-0.39, 0.29) is 70.2 Å². The standard InChI is InChI=1S/C19H25F5N4O5S.ClH/c20-18(21,19(22,23)24)4-3-14-1-2-15(25-13-14)27-7-9-28(10-8-27)34(31,32)17(16(29)26-30)5-11-33-12-6-17;/h1-2,13,30H,3-12H2,(H,26,29);1H. The van der Waals surface area contributed by atoms with Gasteiger partial charge in [0.15, 0.2) is 4.75 Å². The van der Waals surface area contributed by atoms with Crippen LogP contribution in [0.15, 0.2) is 18.3 Å². The van der Waals surface area contributed by atoms with E-state index in [0.29, 0.717) is 5.82 Å². The van der Waals surface area contributed by atoms with Gasteiger partial charge in [-0.15, -0.1) is 12.4 Å². The third-order valence-electron chi connectivity index (χ3n) is 6.16. The van der Waals surface area contributed by atoms with Gasteiger partial charge in [-0.25, -0.2) is 18.9 Å². The van der Waals surface area contributed by atoms with Crippen LogP contribution in [-0.2, 0) is 26.0 Å². The number of nitrogens with zero attached hydrogens (tertiary/aromatic N) is 3. The van der Waals surface area contributed by atoms with Crippen molar-refractivity contribution in [2.75, 3.05) is 44.3 Å². The largest absolute Gasteiger partial charge is 0.453 e. The van der Waals surface area contributed by atoms with Crippen LogP contribution in [0.2, 0.25) is 0 Å². The number of anilines is 1. The maximum absolute atomic E-state index is 13.3. The van der Waals surface area contributed by atoms with Gasteiger partial charge in [-0.1, -0.05) is 6.07 Å². The Labute approximate surface area is 205 Å². The Bertz CT molecular complexity index is 967. The number of piperazine rings is 1. The maximum Gasteiger partial charge on any atom is 0.453 e. The van der Waals surface area contributed by atoms with Gasteiger partial charge in [-0.05, 0) is 18.1 Å². The summed E-state index contributed by atoms with van der Waals surface area (Å²) >= 11 is 0. The Morgan fingerprint density at radius 1 is 1.11 bits per heavy atom. The number of aryl methyl sites for hydroxylation is 1. The lowest BCUT2D eigenvalue weighted by atomic mass is 9.98. The van der Waals surface area contributed by atoms with Gasteiger partial charge in [-0.2, -0.15) is 26.3 Å². The topological polar surface area (TPSA) is 112 Å². The number of alkyl halides is 5. The molecular formula is C19H26ClF5N4O5S. The maximum atomic E-state index is 13.3. The predicted octanol–water partition coefficient (Wildman–Crippen LogP) is 2.14. The van der Waals surface area contributed by atoms with Crippen molar-refractivity contribution in [3.8, 4) is 0 Å². The first-order valence-electron chi connectivity index (χ1n) is 10.5. The first-order chi connectivity index (χ1) is 15.8. The molecule has 2 saturated heterocycles. The molecule has 0 aliphatic carbocycles. The Balaban J connectivity index is 0.00000432. The molecule has 35 heavy (non-hydrogen) atoms. The normalized spacial score (nSPS) is 19.7. The number of rotatable bonds is 7. The summed E-state index contributed by atoms with van der Waals surface area (Å²) in [5.41, 5.74) is 1.67. The number of carbonyl (C=O) groups is 1. The van der Waals surface area contributed by atoms with E-state index in [1.165, 1.54) is 28.1 Å². The molecule has 0 bridgehead atoms. The third kappa shape index (κ3) is 5.96. The lowest BCUT2D eigenvalue weighted by molar-refractivity contribution is -0.284. The summed E-state index contributed by atoms with van der Waals surface area (Å²) in [6.45, 7) is 0.599. The van der Waals surface area contributed by atoms with Gasteiger partial charge < -0.3 is 9.64 Å². The molecule has 3 heterocycles. The molecule has 2 aliphatic rings. The fraction of sp³-hybridized carbons (Fsp3) is 0.684. The Kier molecular flexibility index (Phi) is 9.30. The minimum atomic E-state index is -5.61. The molecule has 0 radical (unpaired) electrons. The van der Waals surface area contributed by atoms with E-state index in [1.807, 2.05) is 0 Å². The van der Waals surface area contributed by atoms with Crippen molar-refractivity contribution >= 4 is 34.2 Å². The number of ether oxygens (including phenoxy) is 1. The van der Waals surface area contributed by atoms with Crippen LogP contribution >= 0.6 is 12.4 Å². The highest BCUT2D eigenvalue weighted by Gasteiger charge is 2.57. The zero-order chi connectivity index (χ0) is 25.2. The number of pyridine rings is 1. The minimum Gasteiger partial charge on any atom is -0.381 e. The number of nitrogens with one attached hydrogen (secondary N) is 1. The van der Waals surface area contributed by atoms with E-state index >= 15 is 0 Å². The van der Waals surface area contributed by atoms with Gasteiger partial charge in [0.2, 0.25) is 10.0 Å². The van der Waals surface area contributed by atoms with Crippen molar-refractivity contribution in [1.29, 1.82) is 0 Å². The average Bonchev–Trinajstić information content (AvgIpc) is 2.82. The fourth-order valence-electron chi connectivity index (χ4n) is 4.00. The van der Waals surface area contributed by atoms with Crippen LogP contribution in [0, 0.1) is 0 Å². The zero-order valence-corrected chi connectivity index (χ0v) is 20.1. The second-order valence-corrected chi connectivity index (χ2v) is 10.4. The first kappa shape index (κ1) is 29.4. The summed E-state index contributed by atoms with van der Waals surface area (Å²) in [5.74, 6) is -5.38. The van der Waals surface area contributed by atoms with E-state index in [0.717, 1.165) is 0 Å². The molecule has 0 saturated carbocycles. The fourth-order valence-corrected chi connectivity index (χ4v) is 6.11.